The third-order valence-corrected chi connectivity index (χ3v) is 8.96. The van der Waals surface area contributed by atoms with Crippen LogP contribution in [-0.2, 0) is 19.9 Å². The summed E-state index contributed by atoms with van der Waals surface area (Å²) in [6.45, 7) is -0.0394. The fourth-order valence-corrected chi connectivity index (χ4v) is 6.58. The lowest BCUT2D eigenvalue weighted by Crippen LogP contribution is -2.42. The summed E-state index contributed by atoms with van der Waals surface area (Å²) in [6, 6.07) is 37.8. The number of fused-ring (bicyclic) bond motifs is 1. The van der Waals surface area contributed by atoms with Gasteiger partial charge >= 0.3 is 5.69 Å². The average molecular weight is 667 g/mol. The van der Waals surface area contributed by atoms with E-state index in [0.29, 0.717) is 5.82 Å². The van der Waals surface area contributed by atoms with Crippen LogP contribution in [0.5, 0.6) is 0 Å². The van der Waals surface area contributed by atoms with Crippen molar-refractivity contribution in [1.82, 2.24) is 29.4 Å². The molecule has 2 aromatic heterocycles. The van der Waals surface area contributed by atoms with Gasteiger partial charge in [-0.15, -0.1) is 5.06 Å². The normalized spacial score (nSPS) is 18.8. The van der Waals surface area contributed by atoms with E-state index in [1.807, 2.05) is 91.0 Å². The van der Waals surface area contributed by atoms with Gasteiger partial charge < -0.3 is 9.47 Å². The molecule has 6 aromatic rings. The second-order valence-corrected chi connectivity index (χ2v) is 11.9. The van der Waals surface area contributed by atoms with Crippen LogP contribution in [0.4, 0.5) is 0 Å². The first-order valence-electron chi connectivity index (χ1n) is 16.1. The summed E-state index contributed by atoms with van der Waals surface area (Å²) < 4.78 is 16.3. The fourth-order valence-electron chi connectivity index (χ4n) is 6.58. The lowest BCUT2D eigenvalue weighted by Gasteiger charge is -2.37. The van der Waals surface area contributed by atoms with Crippen LogP contribution in [0.3, 0.4) is 0 Å². The molecule has 0 radical (unpaired) electrons. The largest absolute Gasteiger partial charge is 0.358 e. The zero-order chi connectivity index (χ0) is 34.1. The van der Waals surface area contributed by atoms with Crippen LogP contribution in [0.15, 0.2) is 145 Å². The molecule has 2 aliphatic rings. The quantitative estimate of drug-likeness (QED) is 0.151. The molecule has 0 aliphatic carbocycles. The van der Waals surface area contributed by atoms with E-state index < -0.39 is 41.5 Å². The van der Waals surface area contributed by atoms with Crippen molar-refractivity contribution in [3.8, 4) is 5.82 Å². The number of hydrogen-bond acceptors (Lipinski definition) is 9. The van der Waals surface area contributed by atoms with Crippen molar-refractivity contribution in [2.24, 2.45) is 0 Å². The van der Waals surface area contributed by atoms with Gasteiger partial charge in [0, 0.05) is 12.6 Å². The highest BCUT2D eigenvalue weighted by Gasteiger charge is 2.46. The van der Waals surface area contributed by atoms with Gasteiger partial charge in [-0.25, -0.2) is 14.5 Å². The van der Waals surface area contributed by atoms with E-state index in [2.05, 4.69) is 15.1 Å². The second-order valence-electron chi connectivity index (χ2n) is 11.9. The third-order valence-electron chi connectivity index (χ3n) is 8.96. The molecule has 12 nitrogen and oxygen atoms in total. The molecule has 50 heavy (non-hydrogen) atoms. The number of imide groups is 1. The van der Waals surface area contributed by atoms with E-state index in [0.717, 1.165) is 21.8 Å². The van der Waals surface area contributed by atoms with Gasteiger partial charge in [0.2, 0.25) is 0 Å². The monoisotopic (exact) mass is 666 g/mol. The summed E-state index contributed by atoms with van der Waals surface area (Å²) in [5.41, 5.74) is 1.48. The first-order valence-corrected chi connectivity index (χ1v) is 16.1. The van der Waals surface area contributed by atoms with Crippen molar-refractivity contribution in [1.29, 1.82) is 0 Å². The molecule has 2 aliphatic heterocycles. The summed E-state index contributed by atoms with van der Waals surface area (Å²) in [5, 5.41) is 4.83. The molecule has 4 aromatic carbocycles. The van der Waals surface area contributed by atoms with Crippen LogP contribution in [0.25, 0.3) is 5.82 Å². The Bertz CT molecular complexity index is 2060. The second kappa shape index (κ2) is 13.1. The van der Waals surface area contributed by atoms with E-state index >= 15 is 0 Å². The molecule has 0 spiro atoms. The van der Waals surface area contributed by atoms with Gasteiger partial charge in [-0.05, 0) is 34.9 Å². The van der Waals surface area contributed by atoms with Crippen LogP contribution in [0.1, 0.15) is 50.1 Å². The van der Waals surface area contributed by atoms with E-state index in [1.54, 1.807) is 36.5 Å². The Labute approximate surface area is 286 Å². The van der Waals surface area contributed by atoms with E-state index in [9.17, 15) is 14.4 Å². The van der Waals surface area contributed by atoms with Crippen molar-refractivity contribution < 1.29 is 23.9 Å². The molecular weight excluding hydrogens is 636 g/mol. The first-order chi connectivity index (χ1) is 24.5. The SMILES string of the molecule is O=C1c2ccccc2C(=O)N1O[C@H]1C[C@H](n2ccc(-n3cncn3)nc2=O)O[C@@H]1COC(c1ccccc1)(c1ccccc1)c1ccccc1. The van der Waals surface area contributed by atoms with E-state index in [-0.39, 0.29) is 24.2 Å². The van der Waals surface area contributed by atoms with Crippen LogP contribution < -0.4 is 5.69 Å². The van der Waals surface area contributed by atoms with Gasteiger partial charge in [-0.2, -0.15) is 10.1 Å². The molecule has 2 amide bonds. The number of nitrogens with zero attached hydrogens (tertiary/aromatic N) is 6. The zero-order valence-corrected chi connectivity index (χ0v) is 26.6. The van der Waals surface area contributed by atoms with Crippen molar-refractivity contribution >= 4 is 11.8 Å². The third kappa shape index (κ3) is 5.50. The summed E-state index contributed by atoms with van der Waals surface area (Å²) in [5.74, 6) is -0.854. The van der Waals surface area contributed by atoms with Gasteiger partial charge in [0.25, 0.3) is 11.8 Å². The Balaban J connectivity index is 1.16. The van der Waals surface area contributed by atoms with Gasteiger partial charge in [0.1, 0.15) is 36.7 Å². The van der Waals surface area contributed by atoms with Crippen molar-refractivity contribution in [2.45, 2.75) is 30.5 Å². The topological polar surface area (TPSA) is 131 Å². The molecule has 0 N–H and O–H groups in total. The predicted octanol–water partition coefficient (Wildman–Crippen LogP) is 4.72. The Morgan fingerprint density at radius 3 is 1.82 bits per heavy atom. The number of carbonyl (C=O) groups excluding carboxylic acids is 2. The fraction of sp³-hybridized carbons (Fsp3) is 0.158. The average Bonchev–Trinajstić information content (AvgIpc) is 3.90. The maximum atomic E-state index is 13.4. The van der Waals surface area contributed by atoms with Crippen LogP contribution in [0, 0.1) is 0 Å². The number of benzene rings is 4. The summed E-state index contributed by atoms with van der Waals surface area (Å²) >= 11 is 0. The van der Waals surface area contributed by atoms with Crippen molar-refractivity contribution in [3.05, 3.63) is 178 Å². The maximum Gasteiger partial charge on any atom is 0.351 e. The zero-order valence-electron chi connectivity index (χ0n) is 26.6. The van der Waals surface area contributed by atoms with Gasteiger partial charge in [0.05, 0.1) is 17.7 Å². The molecule has 3 atom stereocenters. The molecule has 1 saturated heterocycles. The maximum absolute atomic E-state index is 13.4. The molecule has 0 unspecified atom stereocenters. The first kappa shape index (κ1) is 31.2. The van der Waals surface area contributed by atoms with Crippen molar-refractivity contribution in [2.75, 3.05) is 6.61 Å². The smallest absolute Gasteiger partial charge is 0.351 e. The van der Waals surface area contributed by atoms with E-state index in [1.165, 1.54) is 21.9 Å². The van der Waals surface area contributed by atoms with Gasteiger partial charge in [-0.3, -0.25) is 19.0 Å². The van der Waals surface area contributed by atoms with Crippen LogP contribution in [0.2, 0.25) is 0 Å². The standard InChI is InChI=1S/C38H30N6O6/c45-35-29-18-10-11-19-30(29)36(46)44(35)50-31-22-34(42-21-20-33(41-37(42)47)43-25-39-24-40-43)49-32(31)23-48-38(26-12-4-1-5-13-26,27-14-6-2-7-15-27)28-16-8-3-9-17-28/h1-21,24-25,31-32,34H,22-23H2/t31-,32+,34+/m0/s1. The van der Waals surface area contributed by atoms with Crippen molar-refractivity contribution in [3.63, 3.8) is 0 Å². The number of amides is 2. The molecule has 248 valence electrons. The number of aromatic nitrogens is 5. The van der Waals surface area contributed by atoms with E-state index in [4.69, 9.17) is 14.3 Å². The highest BCUT2D eigenvalue weighted by Crippen LogP contribution is 2.42. The molecule has 12 heteroatoms. The lowest BCUT2D eigenvalue weighted by molar-refractivity contribution is -0.166. The Morgan fingerprint density at radius 1 is 0.740 bits per heavy atom. The molecular formula is C38H30N6O6. The molecule has 8 rings (SSSR count). The number of carbonyl (C=O) groups is 2. The highest BCUT2D eigenvalue weighted by molar-refractivity contribution is 6.20. The minimum Gasteiger partial charge on any atom is -0.358 e. The molecule has 0 saturated carbocycles. The highest BCUT2D eigenvalue weighted by atomic mass is 16.7. The molecule has 0 bridgehead atoms. The minimum atomic E-state index is -1.08. The Hall–Kier alpha value is -6.08. The Morgan fingerprint density at radius 2 is 1.30 bits per heavy atom. The van der Waals surface area contributed by atoms with Gasteiger partial charge in [-0.1, -0.05) is 103 Å². The minimum absolute atomic E-state index is 0.0394. The summed E-state index contributed by atoms with van der Waals surface area (Å²) in [6.07, 6.45) is 1.90. The van der Waals surface area contributed by atoms with Crippen LogP contribution >= 0.6 is 0 Å². The summed E-state index contributed by atoms with van der Waals surface area (Å²) in [7, 11) is 0. The molecule has 4 heterocycles. The number of hydrogen-bond donors (Lipinski definition) is 0. The van der Waals surface area contributed by atoms with Gasteiger partial charge in [0.15, 0.2) is 5.82 Å². The molecule has 1 fully saturated rings. The number of hydroxylamine groups is 2. The number of rotatable bonds is 10. The van der Waals surface area contributed by atoms with Crippen LogP contribution in [-0.4, -0.2) is 60.0 Å². The lowest BCUT2D eigenvalue weighted by atomic mass is 9.80. The number of ether oxygens (including phenoxy) is 2. The summed E-state index contributed by atoms with van der Waals surface area (Å²) in [4.78, 5) is 54.3. The predicted molar refractivity (Wildman–Crippen MR) is 179 cm³/mol. The Kier molecular flexibility index (Phi) is 8.17.